The second-order valence-electron chi connectivity index (χ2n) is 4.52. The van der Waals surface area contributed by atoms with Crippen LogP contribution < -0.4 is 5.32 Å². The van der Waals surface area contributed by atoms with E-state index in [4.69, 9.17) is 5.11 Å². The predicted octanol–water partition coefficient (Wildman–Crippen LogP) is 1.27. The average molecular weight is 248 g/mol. The van der Waals surface area contributed by atoms with Crippen molar-refractivity contribution in [3.05, 3.63) is 35.9 Å². The zero-order chi connectivity index (χ0) is 13.1. The molecule has 1 atom stereocenters. The molecule has 1 aliphatic heterocycles. The van der Waals surface area contributed by atoms with Gasteiger partial charge in [0, 0.05) is 19.0 Å². The van der Waals surface area contributed by atoms with E-state index in [0.29, 0.717) is 19.0 Å². The molecule has 18 heavy (non-hydrogen) atoms. The molecule has 1 fully saturated rings. The number of carbonyl (C=O) groups excluding carboxylic acids is 1. The number of carboxylic acid groups (broad SMARTS) is 1. The van der Waals surface area contributed by atoms with Gasteiger partial charge in [-0.05, 0) is 12.5 Å². The number of hydrogen-bond donors (Lipinski definition) is 2. The Morgan fingerprint density at radius 1 is 1.33 bits per heavy atom. The first kappa shape index (κ1) is 12.4. The van der Waals surface area contributed by atoms with Crippen LogP contribution in [0.5, 0.6) is 0 Å². The Balaban J connectivity index is 1.85. The molecule has 96 valence electrons. The van der Waals surface area contributed by atoms with Crippen molar-refractivity contribution < 1.29 is 14.7 Å². The van der Waals surface area contributed by atoms with E-state index >= 15 is 0 Å². The molecule has 1 saturated heterocycles. The highest BCUT2D eigenvalue weighted by Gasteiger charge is 2.33. The average Bonchev–Trinajstić information content (AvgIpc) is 2.27. The minimum Gasteiger partial charge on any atom is -0.465 e. The Morgan fingerprint density at radius 3 is 2.50 bits per heavy atom. The number of nitrogens with zero attached hydrogens (tertiary/aromatic N) is 1. The second-order valence-corrected chi connectivity index (χ2v) is 4.52. The van der Waals surface area contributed by atoms with E-state index in [0.717, 1.165) is 0 Å². The first-order valence-corrected chi connectivity index (χ1v) is 5.91. The maximum Gasteiger partial charge on any atom is 0.405 e. The van der Waals surface area contributed by atoms with Crippen LogP contribution in [0.15, 0.2) is 30.3 Å². The van der Waals surface area contributed by atoms with Gasteiger partial charge in [0.15, 0.2) is 0 Å². The van der Waals surface area contributed by atoms with E-state index in [9.17, 15) is 9.59 Å². The monoisotopic (exact) mass is 248 g/mol. The summed E-state index contributed by atoms with van der Waals surface area (Å²) >= 11 is 0. The van der Waals surface area contributed by atoms with Gasteiger partial charge in [0.25, 0.3) is 0 Å². The fraction of sp³-hybridized carbons (Fsp3) is 0.385. The van der Waals surface area contributed by atoms with Crippen LogP contribution in [-0.2, 0) is 4.79 Å². The lowest BCUT2D eigenvalue weighted by atomic mass is 9.91. The number of carbonyl (C=O) groups is 2. The lowest BCUT2D eigenvalue weighted by Gasteiger charge is -2.40. The second kappa shape index (κ2) is 5.08. The van der Waals surface area contributed by atoms with Crippen molar-refractivity contribution in [3.63, 3.8) is 0 Å². The van der Waals surface area contributed by atoms with Gasteiger partial charge in [0.2, 0.25) is 5.91 Å². The zero-order valence-corrected chi connectivity index (χ0v) is 10.2. The van der Waals surface area contributed by atoms with E-state index < -0.39 is 12.1 Å². The minimum atomic E-state index is -1.17. The summed E-state index contributed by atoms with van der Waals surface area (Å²) in [6, 6.07) is 9.34. The van der Waals surface area contributed by atoms with Gasteiger partial charge in [-0.25, -0.2) is 4.79 Å². The summed E-state index contributed by atoms with van der Waals surface area (Å²) in [5.74, 6) is 0.205. The maximum atomic E-state index is 11.8. The van der Waals surface area contributed by atoms with Crippen molar-refractivity contribution >= 4 is 12.0 Å². The molecule has 1 heterocycles. The molecular formula is C13H16N2O3. The van der Waals surface area contributed by atoms with Crippen LogP contribution in [0.25, 0.3) is 0 Å². The molecule has 2 rings (SSSR count). The van der Waals surface area contributed by atoms with Gasteiger partial charge >= 0.3 is 6.09 Å². The molecule has 2 N–H and O–H groups in total. The molecule has 5 nitrogen and oxygen atoms in total. The topological polar surface area (TPSA) is 69.6 Å². The fourth-order valence-electron chi connectivity index (χ4n) is 2.12. The summed E-state index contributed by atoms with van der Waals surface area (Å²) in [5.41, 5.74) is 1.22. The van der Waals surface area contributed by atoms with Crippen LogP contribution in [0.3, 0.4) is 0 Å². The molecule has 5 heteroatoms. The molecule has 0 aromatic heterocycles. The molecule has 1 aromatic rings. The quantitative estimate of drug-likeness (QED) is 0.846. The number of benzene rings is 1. The first-order chi connectivity index (χ1) is 8.58. The van der Waals surface area contributed by atoms with Gasteiger partial charge in [-0.3, -0.25) is 4.79 Å². The van der Waals surface area contributed by atoms with Crippen molar-refractivity contribution in [2.75, 3.05) is 13.1 Å². The molecule has 0 aliphatic carbocycles. The third-order valence-corrected chi connectivity index (χ3v) is 3.17. The van der Waals surface area contributed by atoms with E-state index in [2.05, 4.69) is 5.32 Å². The smallest absolute Gasteiger partial charge is 0.405 e. The fourth-order valence-corrected chi connectivity index (χ4v) is 2.12. The highest BCUT2D eigenvalue weighted by atomic mass is 16.4. The lowest BCUT2D eigenvalue weighted by molar-refractivity contribution is -0.137. The summed E-state index contributed by atoms with van der Waals surface area (Å²) in [6.45, 7) is 2.88. The normalized spacial score (nSPS) is 16.8. The zero-order valence-electron chi connectivity index (χ0n) is 10.2. The van der Waals surface area contributed by atoms with Crippen LogP contribution in [-0.4, -0.2) is 41.1 Å². The molecule has 2 amide bonds. The molecule has 1 aromatic carbocycles. The van der Waals surface area contributed by atoms with Gasteiger partial charge in [-0.1, -0.05) is 30.3 Å². The Bertz CT molecular complexity index is 441. The molecular weight excluding hydrogens is 232 g/mol. The van der Waals surface area contributed by atoms with Crippen molar-refractivity contribution in [2.24, 2.45) is 0 Å². The summed E-state index contributed by atoms with van der Waals surface area (Å²) < 4.78 is 0. The Morgan fingerprint density at radius 2 is 1.94 bits per heavy atom. The number of likely N-dealkylation sites (tertiary alicyclic amines) is 1. The van der Waals surface area contributed by atoms with Crippen LogP contribution in [0, 0.1) is 0 Å². The maximum absolute atomic E-state index is 11.8. The van der Waals surface area contributed by atoms with Crippen LogP contribution >= 0.6 is 0 Å². The third kappa shape index (κ3) is 2.61. The largest absolute Gasteiger partial charge is 0.465 e. The van der Waals surface area contributed by atoms with Crippen LogP contribution in [0.4, 0.5) is 4.79 Å². The number of hydrogen-bond acceptors (Lipinski definition) is 2. The highest BCUT2D eigenvalue weighted by molar-refractivity contribution is 5.85. The summed E-state index contributed by atoms with van der Waals surface area (Å²) in [7, 11) is 0. The highest BCUT2D eigenvalue weighted by Crippen LogP contribution is 2.27. The van der Waals surface area contributed by atoms with Gasteiger partial charge in [0.1, 0.15) is 6.04 Å². The molecule has 0 spiro atoms. The van der Waals surface area contributed by atoms with Crippen molar-refractivity contribution in [1.29, 1.82) is 0 Å². The number of nitrogens with one attached hydrogen (secondary N) is 1. The van der Waals surface area contributed by atoms with Gasteiger partial charge in [0.05, 0.1) is 0 Å². The number of rotatable bonds is 3. The lowest BCUT2D eigenvalue weighted by Crippen LogP contribution is -2.55. The molecule has 1 unspecified atom stereocenters. The number of amides is 2. The summed E-state index contributed by atoms with van der Waals surface area (Å²) in [5, 5.41) is 10.7. The van der Waals surface area contributed by atoms with Gasteiger partial charge in [-0.15, -0.1) is 0 Å². The Labute approximate surface area is 105 Å². The minimum absolute atomic E-state index is 0.162. The van der Waals surface area contributed by atoms with Gasteiger partial charge in [-0.2, -0.15) is 0 Å². The first-order valence-electron chi connectivity index (χ1n) is 5.91. The van der Waals surface area contributed by atoms with E-state index in [1.807, 2.05) is 30.3 Å². The standard InChI is InChI=1S/C13H16N2O3/c1-9(14-13(17)18)12(16)15-7-11(8-15)10-5-3-2-4-6-10/h2-6,9,11,14H,7-8H2,1H3,(H,17,18). The molecule has 0 saturated carbocycles. The van der Waals surface area contributed by atoms with Crippen molar-refractivity contribution in [1.82, 2.24) is 10.2 Å². The van der Waals surface area contributed by atoms with Crippen LogP contribution in [0.1, 0.15) is 18.4 Å². The van der Waals surface area contributed by atoms with E-state index in [1.54, 1.807) is 11.8 Å². The van der Waals surface area contributed by atoms with E-state index in [-0.39, 0.29) is 5.91 Å². The van der Waals surface area contributed by atoms with Crippen LogP contribution in [0.2, 0.25) is 0 Å². The van der Waals surface area contributed by atoms with Crippen molar-refractivity contribution in [3.8, 4) is 0 Å². The Kier molecular flexibility index (Phi) is 3.50. The summed E-state index contributed by atoms with van der Waals surface area (Å²) in [4.78, 5) is 24.0. The third-order valence-electron chi connectivity index (χ3n) is 3.17. The summed E-state index contributed by atoms with van der Waals surface area (Å²) in [6.07, 6.45) is -1.17. The molecule has 0 bridgehead atoms. The Hall–Kier alpha value is -2.04. The predicted molar refractivity (Wildman–Crippen MR) is 66.4 cm³/mol. The molecule has 0 radical (unpaired) electrons. The van der Waals surface area contributed by atoms with Gasteiger partial charge < -0.3 is 15.3 Å². The van der Waals surface area contributed by atoms with Crippen molar-refractivity contribution in [2.45, 2.75) is 18.9 Å². The van der Waals surface area contributed by atoms with E-state index in [1.165, 1.54) is 5.56 Å². The molecule has 1 aliphatic rings. The SMILES string of the molecule is CC(NC(=O)O)C(=O)N1CC(c2ccccc2)C1.